The average Bonchev–Trinajstić information content (AvgIpc) is 2.57. The van der Waals surface area contributed by atoms with E-state index in [1.54, 1.807) is 0 Å². The van der Waals surface area contributed by atoms with E-state index < -0.39 is 16.6 Å². The lowest BCUT2D eigenvalue weighted by molar-refractivity contribution is -0.385. The van der Waals surface area contributed by atoms with Crippen LogP contribution in [-0.2, 0) is 0 Å². The van der Waals surface area contributed by atoms with Crippen molar-refractivity contribution in [2.24, 2.45) is 0 Å². The third-order valence-corrected chi connectivity index (χ3v) is 4.25. The predicted octanol–water partition coefficient (Wildman–Crippen LogP) is 4.95. The molecule has 0 aromatic heterocycles. The van der Waals surface area contributed by atoms with Gasteiger partial charge >= 0.3 is 5.97 Å². The van der Waals surface area contributed by atoms with E-state index in [-0.39, 0.29) is 11.3 Å². The van der Waals surface area contributed by atoms with Crippen molar-refractivity contribution >= 4 is 49.7 Å². The third-order valence-electron chi connectivity index (χ3n) is 3.59. The van der Waals surface area contributed by atoms with Gasteiger partial charge in [0, 0.05) is 15.9 Å². The smallest absolute Gasteiger partial charge is 0.344 e. The zero-order chi connectivity index (χ0) is 17.3. The number of carboxylic acids is 1. The first kappa shape index (κ1) is 15.9. The summed E-state index contributed by atoms with van der Waals surface area (Å²) in [4.78, 5) is 21.9. The molecule has 3 aromatic carbocycles. The Kier molecular flexibility index (Phi) is 4.18. The van der Waals surface area contributed by atoms with Gasteiger partial charge in [0.1, 0.15) is 0 Å². The minimum absolute atomic E-state index is 0.161. The number of fused-ring (bicyclic) bond motifs is 1. The molecule has 0 heterocycles. The van der Waals surface area contributed by atoms with Crippen molar-refractivity contribution in [3.05, 3.63) is 74.7 Å². The van der Waals surface area contributed by atoms with Gasteiger partial charge in [-0.2, -0.15) is 0 Å². The number of aromatic carboxylic acids is 1. The molecule has 0 saturated heterocycles. The molecule has 0 amide bonds. The van der Waals surface area contributed by atoms with Crippen molar-refractivity contribution in [3.8, 4) is 0 Å². The van der Waals surface area contributed by atoms with Crippen LogP contribution >= 0.6 is 15.9 Å². The zero-order valence-corrected chi connectivity index (χ0v) is 13.8. The van der Waals surface area contributed by atoms with Gasteiger partial charge in [-0.3, -0.25) is 10.1 Å². The van der Waals surface area contributed by atoms with Crippen LogP contribution in [-0.4, -0.2) is 16.0 Å². The molecule has 3 aromatic rings. The van der Waals surface area contributed by atoms with Crippen molar-refractivity contribution in [2.75, 3.05) is 5.32 Å². The number of hydrogen-bond donors (Lipinski definition) is 2. The normalized spacial score (nSPS) is 10.5. The fourth-order valence-electron chi connectivity index (χ4n) is 2.53. The number of carboxylic acid groups (broad SMARTS) is 1. The molecule has 0 atom stereocenters. The number of nitrogens with one attached hydrogen (secondary N) is 1. The second kappa shape index (κ2) is 6.29. The van der Waals surface area contributed by atoms with E-state index in [9.17, 15) is 20.0 Å². The van der Waals surface area contributed by atoms with Crippen molar-refractivity contribution in [3.63, 3.8) is 0 Å². The second-order valence-corrected chi connectivity index (χ2v) is 5.88. The topological polar surface area (TPSA) is 92.5 Å². The third kappa shape index (κ3) is 2.81. The van der Waals surface area contributed by atoms with Gasteiger partial charge in [0.25, 0.3) is 5.69 Å². The summed E-state index contributed by atoms with van der Waals surface area (Å²) in [5.74, 6) is -1.36. The van der Waals surface area contributed by atoms with Crippen molar-refractivity contribution < 1.29 is 14.8 Å². The molecule has 0 aliphatic rings. The molecule has 0 aliphatic carbocycles. The minimum atomic E-state index is -1.36. The maximum Gasteiger partial charge on any atom is 0.344 e. The number of nitro benzene ring substituents is 1. The van der Waals surface area contributed by atoms with Crippen LogP contribution in [0, 0.1) is 10.1 Å². The Hall–Kier alpha value is -2.93. The molecule has 0 saturated carbocycles. The van der Waals surface area contributed by atoms with Gasteiger partial charge in [0.2, 0.25) is 0 Å². The molecular formula is C17H11BrN2O4. The highest BCUT2D eigenvalue weighted by Gasteiger charge is 2.24. The Morgan fingerprint density at radius 2 is 1.83 bits per heavy atom. The summed E-state index contributed by atoms with van der Waals surface area (Å²) in [6.45, 7) is 0. The maximum absolute atomic E-state index is 11.5. The van der Waals surface area contributed by atoms with Crippen LogP contribution < -0.4 is 5.32 Å². The van der Waals surface area contributed by atoms with Crippen molar-refractivity contribution in [1.82, 2.24) is 0 Å². The summed E-state index contributed by atoms with van der Waals surface area (Å²) in [7, 11) is 0. The van der Waals surface area contributed by atoms with E-state index in [1.165, 1.54) is 18.2 Å². The first-order valence-electron chi connectivity index (χ1n) is 6.94. The van der Waals surface area contributed by atoms with Gasteiger partial charge < -0.3 is 10.4 Å². The molecule has 0 unspecified atom stereocenters. The lowest BCUT2D eigenvalue weighted by Crippen LogP contribution is -2.07. The molecule has 0 radical (unpaired) electrons. The Bertz CT molecular complexity index is 972. The van der Waals surface area contributed by atoms with E-state index in [1.807, 2.05) is 36.4 Å². The first-order chi connectivity index (χ1) is 11.5. The van der Waals surface area contributed by atoms with Crippen LogP contribution in [0.25, 0.3) is 10.8 Å². The van der Waals surface area contributed by atoms with Gasteiger partial charge in [-0.05, 0) is 33.4 Å². The highest BCUT2D eigenvalue weighted by molar-refractivity contribution is 9.10. The Morgan fingerprint density at radius 1 is 1.08 bits per heavy atom. The molecule has 24 heavy (non-hydrogen) atoms. The molecule has 6 nitrogen and oxygen atoms in total. The number of carbonyl (C=O) groups is 1. The van der Waals surface area contributed by atoms with Crippen LogP contribution in [0.15, 0.2) is 59.1 Å². The summed E-state index contributed by atoms with van der Waals surface area (Å²) < 4.78 is 0.726. The maximum atomic E-state index is 11.5. The number of benzene rings is 3. The molecule has 0 aliphatic heterocycles. The number of anilines is 2. The number of rotatable bonds is 4. The molecule has 0 fully saturated rings. The van der Waals surface area contributed by atoms with Gasteiger partial charge in [-0.1, -0.05) is 36.4 Å². The Labute approximate surface area is 145 Å². The Morgan fingerprint density at radius 3 is 2.54 bits per heavy atom. The largest absolute Gasteiger partial charge is 0.477 e. The number of nitrogens with zero attached hydrogens (tertiary/aromatic N) is 1. The van der Waals surface area contributed by atoms with Gasteiger partial charge in [-0.25, -0.2) is 4.79 Å². The summed E-state index contributed by atoms with van der Waals surface area (Å²) in [5, 5.41) is 25.4. The SMILES string of the molecule is O=C(O)c1c(Nc2c(Br)ccc3ccccc23)cccc1[N+](=O)[O-]. The summed E-state index contributed by atoms with van der Waals surface area (Å²) >= 11 is 3.44. The highest BCUT2D eigenvalue weighted by Crippen LogP contribution is 2.36. The van der Waals surface area contributed by atoms with E-state index in [0.717, 1.165) is 15.2 Å². The van der Waals surface area contributed by atoms with Gasteiger partial charge in [0.05, 0.1) is 16.3 Å². The van der Waals surface area contributed by atoms with Crippen LogP contribution in [0.4, 0.5) is 17.1 Å². The minimum Gasteiger partial charge on any atom is -0.477 e. The molecule has 2 N–H and O–H groups in total. The Balaban J connectivity index is 2.20. The first-order valence-corrected chi connectivity index (χ1v) is 7.73. The molecular weight excluding hydrogens is 376 g/mol. The number of hydrogen-bond acceptors (Lipinski definition) is 4. The molecule has 3 rings (SSSR count). The van der Waals surface area contributed by atoms with Crippen molar-refractivity contribution in [2.45, 2.75) is 0 Å². The zero-order valence-electron chi connectivity index (χ0n) is 12.2. The van der Waals surface area contributed by atoms with Crippen LogP contribution in [0.1, 0.15) is 10.4 Å². The van der Waals surface area contributed by atoms with Gasteiger partial charge in [-0.15, -0.1) is 0 Å². The standard InChI is InChI=1S/C17H11BrN2O4/c18-12-9-8-10-4-1-2-5-11(10)16(12)19-13-6-3-7-14(20(23)24)15(13)17(21)22/h1-9,19H,(H,21,22). The van der Waals surface area contributed by atoms with E-state index in [2.05, 4.69) is 21.2 Å². The van der Waals surface area contributed by atoms with Crippen LogP contribution in [0.3, 0.4) is 0 Å². The monoisotopic (exact) mass is 386 g/mol. The summed E-state index contributed by atoms with van der Waals surface area (Å²) in [6, 6.07) is 15.5. The van der Waals surface area contributed by atoms with Crippen LogP contribution in [0.2, 0.25) is 0 Å². The molecule has 7 heteroatoms. The quantitative estimate of drug-likeness (QED) is 0.488. The number of halogens is 1. The fourth-order valence-corrected chi connectivity index (χ4v) is 2.97. The second-order valence-electron chi connectivity index (χ2n) is 5.03. The van der Waals surface area contributed by atoms with E-state index >= 15 is 0 Å². The van der Waals surface area contributed by atoms with E-state index in [0.29, 0.717) is 5.69 Å². The molecule has 0 spiro atoms. The molecule has 0 bridgehead atoms. The fraction of sp³-hybridized carbons (Fsp3) is 0. The summed E-state index contributed by atoms with van der Waals surface area (Å²) in [5.41, 5.74) is -0.0176. The van der Waals surface area contributed by atoms with Crippen LogP contribution in [0.5, 0.6) is 0 Å². The van der Waals surface area contributed by atoms with E-state index in [4.69, 9.17) is 0 Å². The van der Waals surface area contributed by atoms with Gasteiger partial charge in [0.15, 0.2) is 5.56 Å². The lowest BCUT2D eigenvalue weighted by Gasteiger charge is -2.14. The lowest BCUT2D eigenvalue weighted by atomic mass is 10.1. The summed E-state index contributed by atoms with van der Waals surface area (Å²) in [6.07, 6.45) is 0. The predicted molar refractivity (Wildman–Crippen MR) is 95.0 cm³/mol. The van der Waals surface area contributed by atoms with Crippen molar-refractivity contribution in [1.29, 1.82) is 0 Å². The average molecular weight is 387 g/mol. The molecule has 120 valence electrons. The highest BCUT2D eigenvalue weighted by atomic mass is 79.9. The number of nitro groups is 1.